The summed E-state index contributed by atoms with van der Waals surface area (Å²) in [5.74, 6) is -0.461. The third-order valence-electron chi connectivity index (χ3n) is 2.79. The van der Waals surface area contributed by atoms with Crippen LogP contribution in [0.25, 0.3) is 0 Å². The SMILES string of the molecule is CC(NC(=O)c1cc(Br)cnc1N)C(=O)NC1CC1. The van der Waals surface area contributed by atoms with Crippen LogP contribution >= 0.6 is 15.9 Å². The minimum Gasteiger partial charge on any atom is -0.383 e. The van der Waals surface area contributed by atoms with Crippen molar-refractivity contribution in [2.24, 2.45) is 0 Å². The van der Waals surface area contributed by atoms with E-state index in [0.29, 0.717) is 4.47 Å². The largest absolute Gasteiger partial charge is 0.383 e. The lowest BCUT2D eigenvalue weighted by atomic mass is 10.2. The Kier molecular flexibility index (Phi) is 4.04. The highest BCUT2D eigenvalue weighted by molar-refractivity contribution is 9.10. The van der Waals surface area contributed by atoms with E-state index < -0.39 is 11.9 Å². The Morgan fingerprint density at radius 2 is 2.21 bits per heavy atom. The first-order valence-electron chi connectivity index (χ1n) is 5.99. The van der Waals surface area contributed by atoms with Crippen LogP contribution in [-0.2, 0) is 4.79 Å². The van der Waals surface area contributed by atoms with E-state index in [9.17, 15) is 9.59 Å². The fraction of sp³-hybridized carbons (Fsp3) is 0.417. The molecule has 1 aliphatic carbocycles. The van der Waals surface area contributed by atoms with Crippen LogP contribution in [0.5, 0.6) is 0 Å². The zero-order valence-corrected chi connectivity index (χ0v) is 12.0. The van der Waals surface area contributed by atoms with Crippen molar-refractivity contribution in [1.29, 1.82) is 0 Å². The topological polar surface area (TPSA) is 97.1 Å². The Balaban J connectivity index is 1.99. The molecule has 0 aliphatic heterocycles. The van der Waals surface area contributed by atoms with Gasteiger partial charge in [0.15, 0.2) is 0 Å². The number of nitrogen functional groups attached to an aromatic ring is 1. The van der Waals surface area contributed by atoms with Crippen molar-refractivity contribution < 1.29 is 9.59 Å². The van der Waals surface area contributed by atoms with Crippen LogP contribution < -0.4 is 16.4 Å². The highest BCUT2D eigenvalue weighted by atomic mass is 79.9. The molecule has 6 nitrogen and oxygen atoms in total. The van der Waals surface area contributed by atoms with Gasteiger partial charge in [0.25, 0.3) is 5.91 Å². The molecule has 1 aliphatic rings. The number of nitrogens with one attached hydrogen (secondary N) is 2. The maximum atomic E-state index is 12.0. The van der Waals surface area contributed by atoms with Gasteiger partial charge in [0, 0.05) is 16.7 Å². The van der Waals surface area contributed by atoms with Crippen molar-refractivity contribution in [3.8, 4) is 0 Å². The molecule has 0 saturated heterocycles. The molecule has 19 heavy (non-hydrogen) atoms. The maximum Gasteiger partial charge on any atom is 0.255 e. The Morgan fingerprint density at radius 3 is 2.84 bits per heavy atom. The average Bonchev–Trinajstić information content (AvgIpc) is 3.15. The van der Waals surface area contributed by atoms with Crippen molar-refractivity contribution in [3.05, 3.63) is 22.3 Å². The first kappa shape index (κ1) is 13.8. The molecule has 0 aromatic carbocycles. The third-order valence-corrected chi connectivity index (χ3v) is 3.23. The zero-order valence-electron chi connectivity index (χ0n) is 10.4. The summed E-state index contributed by atoms with van der Waals surface area (Å²) in [6.07, 6.45) is 3.53. The van der Waals surface area contributed by atoms with Gasteiger partial charge in [-0.1, -0.05) is 0 Å². The standard InChI is InChI=1S/C12H15BrN4O2/c1-6(11(18)17-8-2-3-8)16-12(19)9-4-7(13)5-15-10(9)14/h4-6,8H,2-3H2,1H3,(H2,14,15)(H,16,19)(H,17,18). The van der Waals surface area contributed by atoms with E-state index in [1.54, 1.807) is 13.0 Å². The summed E-state index contributed by atoms with van der Waals surface area (Å²) in [4.78, 5) is 27.6. The molecule has 0 spiro atoms. The lowest BCUT2D eigenvalue weighted by Gasteiger charge is -2.14. The smallest absolute Gasteiger partial charge is 0.255 e. The molecule has 1 fully saturated rings. The number of rotatable bonds is 4. The molecule has 1 aromatic heterocycles. The van der Waals surface area contributed by atoms with Gasteiger partial charge in [0.05, 0.1) is 5.56 Å². The average molecular weight is 327 g/mol. The molecular weight excluding hydrogens is 312 g/mol. The van der Waals surface area contributed by atoms with Gasteiger partial charge in [0.1, 0.15) is 11.9 Å². The summed E-state index contributed by atoms with van der Waals surface area (Å²) in [6, 6.07) is 1.24. The second-order valence-corrected chi connectivity index (χ2v) is 5.48. The highest BCUT2D eigenvalue weighted by Crippen LogP contribution is 2.19. The molecule has 2 rings (SSSR count). The number of nitrogens with zero attached hydrogens (tertiary/aromatic N) is 1. The van der Waals surface area contributed by atoms with Crippen LogP contribution in [-0.4, -0.2) is 28.9 Å². The van der Waals surface area contributed by atoms with Gasteiger partial charge in [-0.15, -0.1) is 0 Å². The summed E-state index contributed by atoms with van der Waals surface area (Å²) < 4.78 is 0.655. The number of carbonyl (C=O) groups excluding carboxylic acids is 2. The number of aromatic nitrogens is 1. The van der Waals surface area contributed by atoms with Gasteiger partial charge in [-0.05, 0) is 41.8 Å². The molecule has 1 atom stereocenters. The molecule has 1 saturated carbocycles. The van der Waals surface area contributed by atoms with Crippen molar-refractivity contribution >= 4 is 33.6 Å². The van der Waals surface area contributed by atoms with E-state index in [4.69, 9.17) is 5.73 Å². The minimum absolute atomic E-state index is 0.135. The summed E-state index contributed by atoms with van der Waals surface area (Å²) in [5.41, 5.74) is 5.89. The van der Waals surface area contributed by atoms with Crippen LogP contribution in [0.1, 0.15) is 30.1 Å². The molecule has 102 valence electrons. The lowest BCUT2D eigenvalue weighted by molar-refractivity contribution is -0.122. The van der Waals surface area contributed by atoms with Crippen molar-refractivity contribution in [1.82, 2.24) is 15.6 Å². The second kappa shape index (κ2) is 5.56. The molecule has 2 amide bonds. The Labute approximate surface area is 119 Å². The van der Waals surface area contributed by atoms with E-state index in [0.717, 1.165) is 12.8 Å². The molecule has 1 aromatic rings. The van der Waals surface area contributed by atoms with Crippen LogP contribution in [0, 0.1) is 0 Å². The van der Waals surface area contributed by atoms with Gasteiger partial charge in [-0.2, -0.15) is 0 Å². The van der Waals surface area contributed by atoms with Crippen LogP contribution in [0.2, 0.25) is 0 Å². The first-order valence-corrected chi connectivity index (χ1v) is 6.79. The summed E-state index contributed by atoms with van der Waals surface area (Å²) in [6.45, 7) is 1.64. The van der Waals surface area contributed by atoms with Crippen molar-refractivity contribution in [2.75, 3.05) is 5.73 Å². The number of hydrogen-bond donors (Lipinski definition) is 3. The van der Waals surface area contributed by atoms with E-state index >= 15 is 0 Å². The van der Waals surface area contributed by atoms with Gasteiger partial charge >= 0.3 is 0 Å². The molecule has 4 N–H and O–H groups in total. The van der Waals surface area contributed by atoms with Crippen molar-refractivity contribution in [2.45, 2.75) is 31.8 Å². The minimum atomic E-state index is -0.605. The number of nitrogens with two attached hydrogens (primary N) is 1. The highest BCUT2D eigenvalue weighted by Gasteiger charge is 2.26. The third kappa shape index (κ3) is 3.66. The number of amides is 2. The summed E-state index contributed by atoms with van der Waals surface area (Å²) in [5, 5.41) is 5.43. The fourth-order valence-corrected chi connectivity index (χ4v) is 1.86. The second-order valence-electron chi connectivity index (χ2n) is 4.56. The van der Waals surface area contributed by atoms with Gasteiger partial charge < -0.3 is 16.4 Å². The lowest BCUT2D eigenvalue weighted by Crippen LogP contribution is -2.45. The molecule has 7 heteroatoms. The predicted molar refractivity (Wildman–Crippen MR) is 74.4 cm³/mol. The molecule has 0 bridgehead atoms. The maximum absolute atomic E-state index is 12.0. The van der Waals surface area contributed by atoms with E-state index in [1.807, 2.05) is 0 Å². The van der Waals surface area contributed by atoms with Crippen LogP contribution in [0.3, 0.4) is 0 Å². The number of pyridine rings is 1. The summed E-state index contributed by atoms with van der Waals surface area (Å²) >= 11 is 3.22. The quantitative estimate of drug-likeness (QED) is 0.763. The van der Waals surface area contributed by atoms with Gasteiger partial charge in [-0.25, -0.2) is 4.98 Å². The van der Waals surface area contributed by atoms with E-state index in [2.05, 4.69) is 31.5 Å². The number of hydrogen-bond acceptors (Lipinski definition) is 4. The Morgan fingerprint density at radius 1 is 1.53 bits per heavy atom. The normalized spacial score (nSPS) is 15.7. The number of anilines is 1. The van der Waals surface area contributed by atoms with Gasteiger partial charge in [0.2, 0.25) is 5.91 Å². The zero-order chi connectivity index (χ0) is 14.0. The summed E-state index contributed by atoms with van der Waals surface area (Å²) in [7, 11) is 0. The Hall–Kier alpha value is -1.63. The molecular formula is C12H15BrN4O2. The Bertz CT molecular complexity index is 516. The van der Waals surface area contributed by atoms with E-state index in [-0.39, 0.29) is 23.3 Å². The fourth-order valence-electron chi connectivity index (χ4n) is 1.53. The first-order chi connectivity index (χ1) is 8.97. The van der Waals surface area contributed by atoms with E-state index in [1.165, 1.54) is 6.20 Å². The molecule has 0 radical (unpaired) electrons. The molecule has 1 heterocycles. The van der Waals surface area contributed by atoms with Crippen LogP contribution in [0.4, 0.5) is 5.82 Å². The van der Waals surface area contributed by atoms with Crippen molar-refractivity contribution in [3.63, 3.8) is 0 Å². The molecule has 1 unspecified atom stereocenters. The number of carbonyl (C=O) groups is 2. The van der Waals surface area contributed by atoms with Gasteiger partial charge in [-0.3, -0.25) is 9.59 Å². The number of halogens is 1. The van der Waals surface area contributed by atoms with Crippen LogP contribution in [0.15, 0.2) is 16.7 Å². The monoisotopic (exact) mass is 326 g/mol. The predicted octanol–water partition coefficient (Wildman–Crippen LogP) is 0.823.